The van der Waals surface area contributed by atoms with Crippen molar-refractivity contribution in [1.82, 2.24) is 14.3 Å². The van der Waals surface area contributed by atoms with Crippen molar-refractivity contribution in [3.63, 3.8) is 0 Å². The summed E-state index contributed by atoms with van der Waals surface area (Å²) >= 11 is 0. The van der Waals surface area contributed by atoms with Gasteiger partial charge < -0.3 is 4.57 Å². The molecule has 2 aromatic carbocycles. The molecule has 0 saturated heterocycles. The van der Waals surface area contributed by atoms with E-state index in [0.29, 0.717) is 12.5 Å². The number of sulfonamides is 1. The van der Waals surface area contributed by atoms with E-state index >= 15 is 0 Å². The number of carbonyl (C=O) groups excluding carboxylic acids is 1. The summed E-state index contributed by atoms with van der Waals surface area (Å²) in [7, 11) is -4.19. The molecule has 1 atom stereocenters. The molecule has 1 aromatic heterocycles. The summed E-state index contributed by atoms with van der Waals surface area (Å²) in [6.45, 7) is 4.04. The van der Waals surface area contributed by atoms with E-state index in [1.54, 1.807) is 0 Å². The fourth-order valence-corrected chi connectivity index (χ4v) is 4.13. The number of imidazole rings is 1. The lowest BCUT2D eigenvalue weighted by Gasteiger charge is -2.15. The molecule has 0 bridgehead atoms. The van der Waals surface area contributed by atoms with Crippen molar-refractivity contribution >= 4 is 32.9 Å². The average molecular weight is 404 g/mol. The van der Waals surface area contributed by atoms with Crippen molar-refractivity contribution in [2.75, 3.05) is 5.32 Å². The van der Waals surface area contributed by atoms with Crippen molar-refractivity contribution in [2.24, 2.45) is 0 Å². The van der Waals surface area contributed by atoms with Gasteiger partial charge in [-0.3, -0.25) is 10.1 Å². The Morgan fingerprint density at radius 3 is 2.57 bits per heavy atom. The zero-order chi connectivity index (χ0) is 20.3. The molecular weight excluding hydrogens is 383 g/mol. The maximum absolute atomic E-state index is 13.8. The highest BCUT2D eigenvalue weighted by atomic mass is 32.2. The summed E-state index contributed by atoms with van der Waals surface area (Å²) in [6, 6.07) is 11.3. The molecule has 28 heavy (non-hydrogen) atoms. The van der Waals surface area contributed by atoms with Gasteiger partial charge in [-0.1, -0.05) is 31.2 Å². The summed E-state index contributed by atoms with van der Waals surface area (Å²) in [5.41, 5.74) is 1.60. The van der Waals surface area contributed by atoms with Gasteiger partial charge in [0.25, 0.3) is 0 Å². The quantitative estimate of drug-likeness (QED) is 0.633. The standard InChI is InChI=1S/C19H21FN4O3S/c1-3-12-24-16-10-6-5-9-15(16)21-19(24)22-18(25)13(2)23-28(26,27)17-11-7-4-8-14(17)20/h4-11,13,23H,3,12H2,1-2H3,(H,21,22,25)/t13-/m0/s1. The number of fused-ring (bicyclic) bond motifs is 1. The fourth-order valence-electron chi connectivity index (χ4n) is 2.85. The lowest BCUT2D eigenvalue weighted by molar-refractivity contribution is -0.117. The number of nitrogens with one attached hydrogen (secondary N) is 2. The number of para-hydroxylation sites is 2. The minimum atomic E-state index is -4.19. The van der Waals surface area contributed by atoms with Gasteiger partial charge in [0.05, 0.1) is 17.1 Å². The van der Waals surface area contributed by atoms with Crippen LogP contribution in [0.3, 0.4) is 0 Å². The van der Waals surface area contributed by atoms with E-state index in [1.165, 1.54) is 19.1 Å². The summed E-state index contributed by atoms with van der Waals surface area (Å²) in [5.74, 6) is -1.13. The van der Waals surface area contributed by atoms with E-state index in [1.807, 2.05) is 35.8 Å². The molecule has 0 saturated carbocycles. The van der Waals surface area contributed by atoms with Crippen LogP contribution >= 0.6 is 0 Å². The number of rotatable bonds is 7. The third-order valence-electron chi connectivity index (χ3n) is 4.19. The topological polar surface area (TPSA) is 93.1 Å². The number of carbonyl (C=O) groups is 1. The third-order valence-corrected chi connectivity index (χ3v) is 5.76. The van der Waals surface area contributed by atoms with Gasteiger partial charge in [-0.15, -0.1) is 0 Å². The first kappa shape index (κ1) is 20.0. The molecule has 0 spiro atoms. The maximum atomic E-state index is 13.8. The molecule has 1 amide bonds. The smallest absolute Gasteiger partial charge is 0.244 e. The minimum absolute atomic E-state index is 0.338. The largest absolute Gasteiger partial charge is 0.310 e. The lowest BCUT2D eigenvalue weighted by Crippen LogP contribution is -2.42. The van der Waals surface area contributed by atoms with Gasteiger partial charge in [0, 0.05) is 6.54 Å². The minimum Gasteiger partial charge on any atom is -0.310 e. The van der Waals surface area contributed by atoms with Crippen molar-refractivity contribution in [3.8, 4) is 0 Å². The number of aromatic nitrogens is 2. The average Bonchev–Trinajstić information content (AvgIpc) is 2.99. The van der Waals surface area contributed by atoms with Crippen LogP contribution in [0.4, 0.5) is 10.3 Å². The summed E-state index contributed by atoms with van der Waals surface area (Å²) in [5, 5.41) is 2.67. The van der Waals surface area contributed by atoms with Crippen molar-refractivity contribution in [1.29, 1.82) is 0 Å². The Bertz CT molecular complexity index is 1110. The van der Waals surface area contributed by atoms with Crippen LogP contribution in [0.5, 0.6) is 0 Å². The monoisotopic (exact) mass is 404 g/mol. The van der Waals surface area contributed by atoms with E-state index in [0.717, 1.165) is 29.6 Å². The number of halogens is 1. The molecule has 0 radical (unpaired) electrons. The van der Waals surface area contributed by atoms with Crippen LogP contribution in [-0.4, -0.2) is 29.9 Å². The van der Waals surface area contributed by atoms with Gasteiger partial charge >= 0.3 is 0 Å². The Hall–Kier alpha value is -2.78. The molecule has 1 heterocycles. The highest BCUT2D eigenvalue weighted by molar-refractivity contribution is 7.89. The predicted molar refractivity (Wildman–Crippen MR) is 105 cm³/mol. The molecule has 9 heteroatoms. The number of hydrogen-bond donors (Lipinski definition) is 2. The Morgan fingerprint density at radius 1 is 1.18 bits per heavy atom. The second-order valence-corrected chi connectivity index (χ2v) is 8.02. The van der Waals surface area contributed by atoms with E-state index in [-0.39, 0.29) is 0 Å². The Kier molecular flexibility index (Phi) is 5.76. The first-order valence-electron chi connectivity index (χ1n) is 8.86. The second-order valence-electron chi connectivity index (χ2n) is 6.34. The molecule has 0 unspecified atom stereocenters. The van der Waals surface area contributed by atoms with E-state index in [9.17, 15) is 17.6 Å². The van der Waals surface area contributed by atoms with Gasteiger partial charge in [0.2, 0.25) is 21.9 Å². The van der Waals surface area contributed by atoms with Crippen LogP contribution in [0.1, 0.15) is 20.3 Å². The molecule has 0 aliphatic heterocycles. The molecule has 0 aliphatic carbocycles. The first-order valence-corrected chi connectivity index (χ1v) is 10.3. The summed E-state index contributed by atoms with van der Waals surface area (Å²) in [4.78, 5) is 16.5. The van der Waals surface area contributed by atoms with Crippen molar-refractivity contribution < 1.29 is 17.6 Å². The second kappa shape index (κ2) is 8.07. The summed E-state index contributed by atoms with van der Waals surface area (Å²) < 4.78 is 42.6. The van der Waals surface area contributed by atoms with Gasteiger partial charge in [0.15, 0.2) is 0 Å². The van der Waals surface area contributed by atoms with Crippen molar-refractivity contribution in [3.05, 3.63) is 54.3 Å². The lowest BCUT2D eigenvalue weighted by atomic mass is 10.3. The molecule has 3 rings (SSSR count). The Labute approximate surface area is 162 Å². The molecule has 148 valence electrons. The number of aryl methyl sites for hydroxylation is 1. The Morgan fingerprint density at radius 2 is 1.86 bits per heavy atom. The van der Waals surface area contributed by atoms with Crippen LogP contribution in [0.15, 0.2) is 53.4 Å². The highest BCUT2D eigenvalue weighted by Gasteiger charge is 2.25. The number of amides is 1. The predicted octanol–water partition coefficient (Wildman–Crippen LogP) is 2.89. The number of nitrogens with zero attached hydrogens (tertiary/aromatic N) is 2. The van der Waals surface area contributed by atoms with Gasteiger partial charge in [0.1, 0.15) is 10.7 Å². The van der Waals surface area contributed by atoms with Crippen LogP contribution in [-0.2, 0) is 21.4 Å². The Balaban J connectivity index is 1.81. The van der Waals surface area contributed by atoms with Crippen LogP contribution in [0.2, 0.25) is 0 Å². The van der Waals surface area contributed by atoms with Crippen LogP contribution < -0.4 is 10.0 Å². The number of anilines is 1. The molecule has 3 aromatic rings. The van der Waals surface area contributed by atoms with Gasteiger partial charge in [-0.25, -0.2) is 17.8 Å². The fraction of sp³-hybridized carbons (Fsp3) is 0.263. The van der Waals surface area contributed by atoms with Gasteiger partial charge in [-0.05, 0) is 37.6 Å². The SMILES string of the molecule is CCCn1c(NC(=O)[C@H](C)NS(=O)(=O)c2ccccc2F)nc2ccccc21. The molecular formula is C19H21FN4O3S. The highest BCUT2D eigenvalue weighted by Crippen LogP contribution is 2.20. The zero-order valence-corrected chi connectivity index (χ0v) is 16.3. The van der Waals surface area contributed by atoms with Crippen LogP contribution in [0.25, 0.3) is 11.0 Å². The zero-order valence-electron chi connectivity index (χ0n) is 15.5. The summed E-state index contributed by atoms with van der Waals surface area (Å²) in [6.07, 6.45) is 0.832. The number of hydrogen-bond acceptors (Lipinski definition) is 4. The first-order chi connectivity index (χ1) is 13.3. The van der Waals surface area contributed by atoms with E-state index in [4.69, 9.17) is 0 Å². The number of benzene rings is 2. The maximum Gasteiger partial charge on any atom is 0.244 e. The molecule has 2 N–H and O–H groups in total. The molecule has 0 fully saturated rings. The van der Waals surface area contributed by atoms with Crippen LogP contribution in [0, 0.1) is 5.82 Å². The molecule has 7 nitrogen and oxygen atoms in total. The van der Waals surface area contributed by atoms with E-state index in [2.05, 4.69) is 15.0 Å². The molecule has 0 aliphatic rings. The van der Waals surface area contributed by atoms with Crippen molar-refractivity contribution in [2.45, 2.75) is 37.8 Å². The normalized spacial score (nSPS) is 12.8. The van der Waals surface area contributed by atoms with Gasteiger partial charge in [-0.2, -0.15) is 4.72 Å². The van der Waals surface area contributed by atoms with E-state index < -0.39 is 32.7 Å². The third kappa shape index (κ3) is 4.05.